The van der Waals surface area contributed by atoms with Gasteiger partial charge >= 0.3 is 0 Å². The number of carbonyl (C=O) groups is 1. The molecule has 146 valence electrons. The molecule has 1 heterocycles. The number of benzene rings is 1. The van der Waals surface area contributed by atoms with Gasteiger partial charge in [0.25, 0.3) is 0 Å². The molecular weight excluding hydrogens is 365 g/mol. The fourth-order valence-electron chi connectivity index (χ4n) is 2.66. The molecule has 0 radical (unpaired) electrons. The molecule has 2 rings (SSSR count). The number of ether oxygens (including phenoxy) is 1. The van der Waals surface area contributed by atoms with Crippen LogP contribution in [0.3, 0.4) is 0 Å². The van der Waals surface area contributed by atoms with E-state index in [1.165, 1.54) is 23.9 Å². The summed E-state index contributed by atoms with van der Waals surface area (Å²) >= 11 is 1.52. The maximum atomic E-state index is 12.8. The zero-order valence-electron chi connectivity index (χ0n) is 16.0. The molecule has 0 bridgehead atoms. The third kappa shape index (κ3) is 7.17. The number of nitrogens with zero attached hydrogens (tertiary/aromatic N) is 2. The van der Waals surface area contributed by atoms with Crippen LogP contribution in [-0.2, 0) is 11.2 Å². The van der Waals surface area contributed by atoms with Crippen molar-refractivity contribution in [2.75, 3.05) is 19.4 Å². The van der Waals surface area contributed by atoms with E-state index in [1.54, 1.807) is 12.1 Å². The number of carbonyl (C=O) groups excluding carboxylic acids is 1. The Kier molecular flexibility index (Phi) is 8.51. The molecule has 0 aliphatic heterocycles. The minimum atomic E-state index is -0.276. The van der Waals surface area contributed by atoms with E-state index in [0.717, 1.165) is 34.9 Å². The predicted molar refractivity (Wildman–Crippen MR) is 106 cm³/mol. The van der Waals surface area contributed by atoms with Crippen LogP contribution < -0.4 is 10.1 Å². The zero-order valence-corrected chi connectivity index (χ0v) is 16.9. The average molecular weight is 392 g/mol. The summed E-state index contributed by atoms with van der Waals surface area (Å²) < 4.78 is 18.3. The van der Waals surface area contributed by atoms with E-state index in [1.807, 2.05) is 20.1 Å². The van der Waals surface area contributed by atoms with Crippen LogP contribution in [0.5, 0.6) is 5.75 Å². The van der Waals surface area contributed by atoms with E-state index < -0.39 is 0 Å². The summed E-state index contributed by atoms with van der Waals surface area (Å²) in [5.74, 6) is 0.408. The van der Waals surface area contributed by atoms with E-state index in [-0.39, 0.29) is 11.7 Å². The number of unbranched alkanes of at least 4 members (excludes halogenated alkanes) is 1. The highest BCUT2D eigenvalue weighted by atomic mass is 32.2. The Morgan fingerprint density at radius 1 is 1.15 bits per heavy atom. The Morgan fingerprint density at radius 3 is 2.44 bits per heavy atom. The van der Waals surface area contributed by atoms with Gasteiger partial charge in [0, 0.05) is 24.4 Å². The second-order valence-corrected chi connectivity index (χ2v) is 6.99. The largest absolute Gasteiger partial charge is 0.494 e. The van der Waals surface area contributed by atoms with E-state index in [2.05, 4.69) is 15.3 Å². The SMILES string of the molecule is CSc1nc(C)c(CCC(=O)NCCCCOc2ccc(F)cc2)c(C)n1. The van der Waals surface area contributed by atoms with Crippen LogP contribution in [0.4, 0.5) is 4.39 Å². The van der Waals surface area contributed by atoms with Crippen molar-refractivity contribution in [2.45, 2.75) is 44.7 Å². The van der Waals surface area contributed by atoms with Crippen molar-refractivity contribution in [3.63, 3.8) is 0 Å². The summed E-state index contributed by atoms with van der Waals surface area (Å²) in [6.45, 7) is 5.08. The molecule has 0 aliphatic carbocycles. The smallest absolute Gasteiger partial charge is 0.220 e. The molecule has 0 unspecified atom stereocenters. The Bertz CT molecular complexity index is 730. The lowest BCUT2D eigenvalue weighted by molar-refractivity contribution is -0.121. The van der Waals surface area contributed by atoms with Gasteiger partial charge in [0.05, 0.1) is 6.61 Å². The molecule has 0 fully saturated rings. The van der Waals surface area contributed by atoms with E-state index in [4.69, 9.17) is 4.74 Å². The lowest BCUT2D eigenvalue weighted by Crippen LogP contribution is -2.25. The number of rotatable bonds is 10. The van der Waals surface area contributed by atoms with Crippen molar-refractivity contribution in [2.24, 2.45) is 0 Å². The molecule has 7 heteroatoms. The molecule has 1 amide bonds. The molecule has 0 aliphatic rings. The Morgan fingerprint density at radius 2 is 1.81 bits per heavy atom. The van der Waals surface area contributed by atoms with Gasteiger partial charge in [0.1, 0.15) is 11.6 Å². The zero-order chi connectivity index (χ0) is 19.6. The van der Waals surface area contributed by atoms with Crippen molar-refractivity contribution in [1.82, 2.24) is 15.3 Å². The third-order valence-corrected chi connectivity index (χ3v) is 4.71. The van der Waals surface area contributed by atoms with Crippen molar-refractivity contribution in [1.29, 1.82) is 0 Å². The standard InChI is InChI=1S/C20H26FN3O2S/c1-14-18(15(2)24-20(23-14)27-3)10-11-19(25)22-12-4-5-13-26-17-8-6-16(21)7-9-17/h6-9H,4-5,10-13H2,1-3H3,(H,22,25). The van der Waals surface area contributed by atoms with Gasteiger partial charge in [-0.2, -0.15) is 0 Å². The summed E-state index contributed by atoms with van der Waals surface area (Å²) in [5, 5.41) is 3.70. The first-order valence-electron chi connectivity index (χ1n) is 9.02. The number of hydrogen-bond donors (Lipinski definition) is 1. The highest BCUT2D eigenvalue weighted by Gasteiger charge is 2.10. The second kappa shape index (κ2) is 10.9. The van der Waals surface area contributed by atoms with E-state index in [0.29, 0.717) is 31.7 Å². The first kappa shape index (κ1) is 21.2. The fourth-order valence-corrected chi connectivity index (χ4v) is 3.12. The molecule has 1 aromatic carbocycles. The second-order valence-electron chi connectivity index (χ2n) is 6.22. The summed E-state index contributed by atoms with van der Waals surface area (Å²) in [4.78, 5) is 20.9. The lowest BCUT2D eigenvalue weighted by atomic mass is 10.1. The topological polar surface area (TPSA) is 64.1 Å². The van der Waals surface area contributed by atoms with Gasteiger partial charge in [0.15, 0.2) is 5.16 Å². The molecular formula is C20H26FN3O2S. The summed E-state index contributed by atoms with van der Waals surface area (Å²) in [6.07, 6.45) is 4.67. The third-order valence-electron chi connectivity index (χ3n) is 4.16. The molecule has 1 N–H and O–H groups in total. The molecule has 0 saturated carbocycles. The number of halogens is 1. The number of aryl methyl sites for hydroxylation is 2. The average Bonchev–Trinajstić information content (AvgIpc) is 2.65. The van der Waals surface area contributed by atoms with Crippen molar-refractivity contribution in [3.8, 4) is 5.75 Å². The summed E-state index contributed by atoms with van der Waals surface area (Å²) in [5.41, 5.74) is 2.94. The molecule has 27 heavy (non-hydrogen) atoms. The van der Waals surface area contributed by atoms with Crippen LogP contribution in [0.2, 0.25) is 0 Å². The Labute approximate surface area is 164 Å². The summed E-state index contributed by atoms with van der Waals surface area (Å²) in [6, 6.07) is 5.96. The van der Waals surface area contributed by atoms with Crippen LogP contribution in [0.1, 0.15) is 36.2 Å². The van der Waals surface area contributed by atoms with Crippen molar-refractivity contribution in [3.05, 3.63) is 47.0 Å². The van der Waals surface area contributed by atoms with Crippen LogP contribution in [-0.4, -0.2) is 35.3 Å². The number of amides is 1. The summed E-state index contributed by atoms with van der Waals surface area (Å²) in [7, 11) is 0. The van der Waals surface area contributed by atoms with Gasteiger partial charge in [-0.3, -0.25) is 4.79 Å². The fraction of sp³-hybridized carbons (Fsp3) is 0.450. The Balaban J connectivity index is 1.62. The molecule has 2 aromatic rings. The number of nitrogens with one attached hydrogen (secondary N) is 1. The highest BCUT2D eigenvalue weighted by molar-refractivity contribution is 7.98. The van der Waals surface area contributed by atoms with Gasteiger partial charge in [-0.05, 0) is 69.2 Å². The minimum Gasteiger partial charge on any atom is -0.494 e. The van der Waals surface area contributed by atoms with E-state index in [9.17, 15) is 9.18 Å². The maximum Gasteiger partial charge on any atom is 0.220 e. The van der Waals surface area contributed by atoms with Crippen LogP contribution in [0, 0.1) is 19.7 Å². The first-order chi connectivity index (χ1) is 13.0. The predicted octanol–water partition coefficient (Wildman–Crippen LogP) is 3.86. The molecule has 0 spiro atoms. The first-order valence-corrected chi connectivity index (χ1v) is 10.2. The van der Waals surface area contributed by atoms with Gasteiger partial charge in [-0.1, -0.05) is 11.8 Å². The number of thioether (sulfide) groups is 1. The van der Waals surface area contributed by atoms with Gasteiger partial charge in [-0.25, -0.2) is 14.4 Å². The van der Waals surface area contributed by atoms with Gasteiger partial charge in [0.2, 0.25) is 5.91 Å². The van der Waals surface area contributed by atoms with Crippen LogP contribution in [0.15, 0.2) is 29.4 Å². The van der Waals surface area contributed by atoms with E-state index >= 15 is 0 Å². The van der Waals surface area contributed by atoms with Crippen LogP contribution >= 0.6 is 11.8 Å². The minimum absolute atomic E-state index is 0.0298. The van der Waals surface area contributed by atoms with Gasteiger partial charge in [-0.15, -0.1) is 0 Å². The van der Waals surface area contributed by atoms with Crippen molar-refractivity contribution >= 4 is 17.7 Å². The quantitative estimate of drug-likeness (QED) is 0.378. The Hall–Kier alpha value is -2.15. The number of aromatic nitrogens is 2. The van der Waals surface area contributed by atoms with Gasteiger partial charge < -0.3 is 10.1 Å². The molecule has 5 nitrogen and oxygen atoms in total. The molecule has 0 atom stereocenters. The van der Waals surface area contributed by atoms with Crippen molar-refractivity contribution < 1.29 is 13.9 Å². The monoisotopic (exact) mass is 391 g/mol. The number of hydrogen-bond acceptors (Lipinski definition) is 5. The maximum absolute atomic E-state index is 12.8. The normalized spacial score (nSPS) is 10.7. The molecule has 1 aromatic heterocycles. The lowest BCUT2D eigenvalue weighted by Gasteiger charge is -2.10. The van der Waals surface area contributed by atoms with Crippen LogP contribution in [0.25, 0.3) is 0 Å². The molecule has 0 saturated heterocycles. The highest BCUT2D eigenvalue weighted by Crippen LogP contribution is 2.17.